The van der Waals surface area contributed by atoms with Gasteiger partial charge in [-0.05, 0) is 27.0 Å². The van der Waals surface area contributed by atoms with E-state index in [1.807, 2.05) is 0 Å². The van der Waals surface area contributed by atoms with Gasteiger partial charge in [-0.2, -0.15) is 18.6 Å². The van der Waals surface area contributed by atoms with Crippen LogP contribution in [0.4, 0.5) is 20.7 Å². The number of hydrogen-bond donors (Lipinski definition) is 3. The van der Waals surface area contributed by atoms with Crippen molar-refractivity contribution in [2.75, 3.05) is 10.6 Å². The summed E-state index contributed by atoms with van der Waals surface area (Å²) in [6.45, 7) is 0. The third kappa shape index (κ3) is 3.47. The van der Waals surface area contributed by atoms with Gasteiger partial charge in [0.1, 0.15) is 10.3 Å². The Hall–Kier alpha value is -3.60. The number of rotatable bonds is 3. The van der Waals surface area contributed by atoms with Gasteiger partial charge in [-0.1, -0.05) is 6.07 Å². The molecule has 2 amide bonds. The normalized spacial score (nSPS) is 10.8. The number of carbonyl (C=O) groups is 1. The second-order valence-corrected chi connectivity index (χ2v) is 6.52. The minimum atomic E-state index is -0.542. The van der Waals surface area contributed by atoms with Crippen LogP contribution in [0.1, 0.15) is 0 Å². The molecule has 4 aromatic rings. The van der Waals surface area contributed by atoms with Crippen molar-refractivity contribution in [3.63, 3.8) is 0 Å². The zero-order chi connectivity index (χ0) is 19.7. The number of halogens is 2. The zero-order valence-corrected chi connectivity index (χ0v) is 15.7. The van der Waals surface area contributed by atoms with E-state index in [0.29, 0.717) is 15.8 Å². The fraction of sp³-hybridized carbons (Fsp3) is 0. The number of carbonyl (C=O) groups excluding carboxylic acids is 1. The highest BCUT2D eigenvalue weighted by Crippen LogP contribution is 2.21. The molecule has 4 heterocycles. The zero-order valence-electron chi connectivity index (χ0n) is 14.1. The topological polar surface area (TPSA) is 99.3 Å². The van der Waals surface area contributed by atoms with Crippen LogP contribution in [0, 0.1) is 5.95 Å². The van der Waals surface area contributed by atoms with Crippen molar-refractivity contribution >= 4 is 39.1 Å². The number of hydrogen-bond acceptors (Lipinski definition) is 4. The fourth-order valence-corrected chi connectivity index (χ4v) is 2.87. The van der Waals surface area contributed by atoms with E-state index in [1.165, 1.54) is 58.1 Å². The molecule has 9 nitrogen and oxygen atoms in total. The average Bonchev–Trinajstić information content (AvgIpc) is 3.05. The highest BCUT2D eigenvalue weighted by molar-refractivity contribution is 9.10. The Balaban J connectivity index is 1.70. The second-order valence-electron chi connectivity index (χ2n) is 5.67. The Morgan fingerprint density at radius 1 is 1.18 bits per heavy atom. The molecule has 0 aliphatic rings. The SMILES string of the molecule is O=C(Nc1cc[n+](O)cc1)Nc1cc(-[n+]2ccccc2F)nc2c(Br)cnn12. The maximum Gasteiger partial charge on any atom is 0.336 e. The molecule has 11 heteroatoms. The molecule has 0 radical (unpaired) electrons. The van der Waals surface area contributed by atoms with Gasteiger partial charge in [0.15, 0.2) is 0 Å². The summed E-state index contributed by atoms with van der Waals surface area (Å²) in [5.74, 6) is 0.0437. The van der Waals surface area contributed by atoms with Crippen LogP contribution in [-0.2, 0) is 0 Å². The van der Waals surface area contributed by atoms with Crippen LogP contribution >= 0.6 is 15.9 Å². The quantitative estimate of drug-likeness (QED) is 0.255. The molecule has 0 saturated carbocycles. The van der Waals surface area contributed by atoms with Crippen LogP contribution in [0.15, 0.2) is 65.7 Å². The molecule has 0 saturated heterocycles. The lowest BCUT2D eigenvalue weighted by molar-refractivity contribution is -0.904. The highest BCUT2D eigenvalue weighted by atomic mass is 79.9. The molecular formula is C17H13BrFN7O2+2. The minimum absolute atomic E-state index is 0.267. The lowest BCUT2D eigenvalue weighted by Gasteiger charge is -2.08. The first kappa shape index (κ1) is 17.8. The predicted octanol–water partition coefficient (Wildman–Crippen LogP) is 2.08. The summed E-state index contributed by atoms with van der Waals surface area (Å²) in [5.41, 5.74) is 0.878. The van der Waals surface area contributed by atoms with Crippen molar-refractivity contribution in [3.8, 4) is 5.82 Å². The van der Waals surface area contributed by atoms with Crippen molar-refractivity contribution in [2.45, 2.75) is 0 Å². The predicted molar refractivity (Wildman–Crippen MR) is 98.6 cm³/mol. The molecule has 0 atom stereocenters. The number of aromatic nitrogens is 5. The fourth-order valence-electron chi connectivity index (χ4n) is 2.52. The van der Waals surface area contributed by atoms with E-state index in [-0.39, 0.29) is 11.6 Å². The Morgan fingerprint density at radius 2 is 1.96 bits per heavy atom. The molecule has 3 N–H and O–H groups in total. The highest BCUT2D eigenvalue weighted by Gasteiger charge is 2.21. The number of urea groups is 1. The number of anilines is 2. The van der Waals surface area contributed by atoms with Gasteiger partial charge in [-0.3, -0.25) is 10.5 Å². The van der Waals surface area contributed by atoms with Gasteiger partial charge in [0.2, 0.25) is 12.4 Å². The van der Waals surface area contributed by atoms with Crippen molar-refractivity contribution < 1.29 is 23.7 Å². The van der Waals surface area contributed by atoms with Crippen molar-refractivity contribution in [3.05, 3.63) is 71.6 Å². The largest absolute Gasteiger partial charge is 0.336 e. The average molecular weight is 446 g/mol. The molecule has 0 unspecified atom stereocenters. The van der Waals surface area contributed by atoms with Gasteiger partial charge in [-0.15, -0.1) is 0 Å². The summed E-state index contributed by atoms with van der Waals surface area (Å²) in [7, 11) is 0. The van der Waals surface area contributed by atoms with Gasteiger partial charge in [-0.25, -0.2) is 4.79 Å². The van der Waals surface area contributed by atoms with Crippen LogP contribution < -0.4 is 19.9 Å². The van der Waals surface area contributed by atoms with Gasteiger partial charge in [0, 0.05) is 22.9 Å². The summed E-state index contributed by atoms with van der Waals surface area (Å²) in [6, 6.07) is 8.55. The molecule has 0 bridgehead atoms. The molecule has 4 rings (SSSR count). The Bertz CT molecular complexity index is 1180. The van der Waals surface area contributed by atoms with E-state index >= 15 is 0 Å². The number of nitrogens with zero attached hydrogens (tertiary/aromatic N) is 5. The number of nitrogens with one attached hydrogen (secondary N) is 2. The van der Waals surface area contributed by atoms with Crippen LogP contribution in [0.5, 0.6) is 0 Å². The number of amides is 2. The molecule has 0 spiro atoms. The van der Waals surface area contributed by atoms with Crippen LogP contribution in [0.2, 0.25) is 0 Å². The minimum Gasteiger partial charge on any atom is -0.307 e. The third-order valence-electron chi connectivity index (χ3n) is 3.79. The van der Waals surface area contributed by atoms with Crippen LogP contribution in [0.25, 0.3) is 11.5 Å². The lowest BCUT2D eigenvalue weighted by atomic mass is 10.4. The lowest BCUT2D eigenvalue weighted by Crippen LogP contribution is -2.36. The summed E-state index contributed by atoms with van der Waals surface area (Å²) in [4.78, 5) is 16.8. The summed E-state index contributed by atoms with van der Waals surface area (Å²) < 4.78 is 18.3. The molecule has 0 fully saturated rings. The van der Waals surface area contributed by atoms with E-state index in [1.54, 1.807) is 12.1 Å². The van der Waals surface area contributed by atoms with Gasteiger partial charge >= 0.3 is 11.8 Å². The third-order valence-corrected chi connectivity index (χ3v) is 4.34. The molecule has 0 aromatic carbocycles. The summed E-state index contributed by atoms with van der Waals surface area (Å²) in [6.07, 6.45) is 5.80. The number of pyridine rings is 2. The Kier molecular flexibility index (Phi) is 4.57. The monoisotopic (exact) mass is 445 g/mol. The van der Waals surface area contributed by atoms with Crippen LogP contribution in [0.3, 0.4) is 0 Å². The van der Waals surface area contributed by atoms with Gasteiger partial charge in [0.25, 0.3) is 11.6 Å². The smallest absolute Gasteiger partial charge is 0.307 e. The molecule has 140 valence electrons. The molecule has 4 aromatic heterocycles. The first-order valence-corrected chi connectivity index (χ1v) is 8.80. The first-order chi connectivity index (χ1) is 13.5. The van der Waals surface area contributed by atoms with E-state index in [9.17, 15) is 14.4 Å². The standard InChI is InChI=1S/C17H11BrFN7O2/c18-12-10-20-26-15(23-17(27)21-11-4-7-24(28)8-5-11)9-14(22-16(12)26)25-6-2-1-3-13(25)19/h1-10,28H/p+2. The Labute approximate surface area is 165 Å². The van der Waals surface area contributed by atoms with Crippen molar-refractivity contribution in [1.82, 2.24) is 14.6 Å². The molecule has 0 aliphatic carbocycles. The maximum absolute atomic E-state index is 14.2. The van der Waals surface area contributed by atoms with Crippen LogP contribution in [-0.4, -0.2) is 25.8 Å². The second kappa shape index (κ2) is 7.19. The van der Waals surface area contributed by atoms with Gasteiger partial charge < -0.3 is 5.32 Å². The molecule has 0 aliphatic heterocycles. The van der Waals surface area contributed by atoms with E-state index in [4.69, 9.17) is 0 Å². The molecular weight excluding hydrogens is 433 g/mol. The first-order valence-electron chi connectivity index (χ1n) is 8.01. The summed E-state index contributed by atoms with van der Waals surface area (Å²) >= 11 is 3.35. The molecule has 28 heavy (non-hydrogen) atoms. The maximum atomic E-state index is 14.2. The van der Waals surface area contributed by atoms with E-state index in [0.717, 1.165) is 4.73 Å². The van der Waals surface area contributed by atoms with E-state index in [2.05, 4.69) is 36.6 Å². The van der Waals surface area contributed by atoms with Gasteiger partial charge in [0.05, 0.1) is 24.1 Å². The van der Waals surface area contributed by atoms with E-state index < -0.39 is 12.0 Å². The number of fused-ring (bicyclic) bond motifs is 1. The van der Waals surface area contributed by atoms with Crippen molar-refractivity contribution in [2.24, 2.45) is 0 Å². The van der Waals surface area contributed by atoms with Crippen molar-refractivity contribution in [1.29, 1.82) is 0 Å². The summed E-state index contributed by atoms with van der Waals surface area (Å²) in [5, 5.41) is 18.7. The Morgan fingerprint density at radius 3 is 2.71 bits per heavy atom.